The van der Waals surface area contributed by atoms with Crippen LogP contribution in [0.4, 0.5) is 9.18 Å². The number of likely N-dealkylation sites (tertiary alicyclic amines) is 1. The van der Waals surface area contributed by atoms with Crippen LogP contribution >= 0.6 is 0 Å². The molecule has 4 nitrogen and oxygen atoms in total. The minimum Gasteiger partial charge on any atom is -0.444 e. The Morgan fingerprint density at radius 1 is 1.53 bits per heavy atom. The molecule has 0 aliphatic carbocycles. The fraction of sp³-hybridized carbons (Fsp3) is 0.917. The molecule has 1 amide bonds. The van der Waals surface area contributed by atoms with Gasteiger partial charge in [-0.2, -0.15) is 0 Å². The summed E-state index contributed by atoms with van der Waals surface area (Å²) in [5.41, 5.74) is -0.462. The molecule has 1 aliphatic rings. The normalized spacial score (nSPS) is 21.5. The Bertz CT molecular complexity index is 253. The maximum atomic E-state index is 12.0. The Kier molecular flexibility index (Phi) is 5.18. The third-order valence-electron chi connectivity index (χ3n) is 2.60. The highest BCUT2D eigenvalue weighted by Crippen LogP contribution is 2.11. The van der Waals surface area contributed by atoms with Crippen LogP contribution in [0.15, 0.2) is 0 Å². The van der Waals surface area contributed by atoms with Crippen LogP contribution in [0, 0.1) is 0 Å². The Morgan fingerprint density at radius 2 is 2.24 bits per heavy atom. The highest BCUT2D eigenvalue weighted by Gasteiger charge is 2.25. The van der Waals surface area contributed by atoms with Crippen molar-refractivity contribution in [2.75, 3.05) is 26.3 Å². The van der Waals surface area contributed by atoms with Crippen LogP contribution < -0.4 is 5.32 Å². The molecular weight excluding hydrogens is 223 g/mol. The number of rotatable bonds is 4. The molecule has 0 aromatic carbocycles. The Hall–Kier alpha value is -0.840. The Morgan fingerprint density at radius 3 is 2.82 bits per heavy atom. The average Bonchev–Trinajstić information content (AvgIpc) is 2.59. The highest BCUT2D eigenvalue weighted by atomic mass is 19.1. The molecule has 1 heterocycles. The topological polar surface area (TPSA) is 41.6 Å². The number of ether oxygens (including phenoxy) is 1. The van der Waals surface area contributed by atoms with Crippen LogP contribution in [0.25, 0.3) is 0 Å². The number of alkyl carbamates (subject to hydrolysis) is 1. The number of alkyl halides is 1. The largest absolute Gasteiger partial charge is 0.444 e. The van der Waals surface area contributed by atoms with E-state index in [0.29, 0.717) is 6.42 Å². The summed E-state index contributed by atoms with van der Waals surface area (Å²) in [6.07, 6.45) is 1.11. The second-order valence-corrected chi connectivity index (χ2v) is 5.47. The van der Waals surface area contributed by atoms with Crippen molar-refractivity contribution in [3.05, 3.63) is 0 Å². The molecule has 17 heavy (non-hydrogen) atoms. The number of amides is 1. The van der Waals surface area contributed by atoms with Gasteiger partial charge in [-0.25, -0.2) is 4.79 Å². The van der Waals surface area contributed by atoms with Gasteiger partial charge >= 0.3 is 6.09 Å². The molecule has 0 radical (unpaired) electrons. The second-order valence-electron chi connectivity index (χ2n) is 5.47. The van der Waals surface area contributed by atoms with Crippen LogP contribution in [-0.4, -0.2) is 48.9 Å². The summed E-state index contributed by atoms with van der Waals surface area (Å²) < 4.78 is 17.2. The minimum absolute atomic E-state index is 0.129. The quantitative estimate of drug-likeness (QED) is 0.824. The monoisotopic (exact) mass is 246 g/mol. The first-order chi connectivity index (χ1) is 7.90. The summed E-state index contributed by atoms with van der Waals surface area (Å²) in [6, 6.07) is 0.129. The van der Waals surface area contributed by atoms with Gasteiger partial charge in [-0.1, -0.05) is 0 Å². The van der Waals surface area contributed by atoms with Crippen LogP contribution in [0.3, 0.4) is 0 Å². The fourth-order valence-corrected chi connectivity index (χ4v) is 1.91. The average molecular weight is 246 g/mol. The van der Waals surface area contributed by atoms with E-state index in [0.717, 1.165) is 26.1 Å². The summed E-state index contributed by atoms with van der Waals surface area (Å²) in [5, 5.41) is 2.85. The molecule has 0 aromatic rings. The van der Waals surface area contributed by atoms with Gasteiger partial charge < -0.3 is 15.0 Å². The van der Waals surface area contributed by atoms with Gasteiger partial charge in [-0.3, -0.25) is 4.39 Å². The first-order valence-corrected chi connectivity index (χ1v) is 6.18. The summed E-state index contributed by atoms with van der Waals surface area (Å²) in [7, 11) is 0. The maximum absolute atomic E-state index is 12.0. The molecule has 5 heteroatoms. The molecule has 0 unspecified atom stereocenters. The van der Waals surface area contributed by atoms with Gasteiger partial charge in [0.15, 0.2) is 0 Å². The van der Waals surface area contributed by atoms with Crippen molar-refractivity contribution >= 4 is 6.09 Å². The van der Waals surface area contributed by atoms with E-state index in [2.05, 4.69) is 10.2 Å². The number of carbonyl (C=O) groups is 1. The zero-order valence-corrected chi connectivity index (χ0v) is 11.0. The fourth-order valence-electron chi connectivity index (χ4n) is 1.91. The van der Waals surface area contributed by atoms with Crippen molar-refractivity contribution < 1.29 is 13.9 Å². The summed E-state index contributed by atoms with van der Waals surface area (Å²) in [6.45, 7) is 7.72. The Labute approximate surface area is 102 Å². The van der Waals surface area contributed by atoms with Gasteiger partial charge in [0.1, 0.15) is 5.60 Å². The lowest BCUT2D eigenvalue weighted by molar-refractivity contribution is 0.0506. The number of hydrogen-bond acceptors (Lipinski definition) is 3. The first kappa shape index (κ1) is 14.2. The maximum Gasteiger partial charge on any atom is 0.407 e. The van der Waals surface area contributed by atoms with E-state index in [9.17, 15) is 9.18 Å². The highest BCUT2D eigenvalue weighted by molar-refractivity contribution is 5.68. The van der Waals surface area contributed by atoms with Crippen LogP contribution in [0.2, 0.25) is 0 Å². The lowest BCUT2D eigenvalue weighted by atomic mass is 10.2. The molecule has 1 saturated heterocycles. The smallest absolute Gasteiger partial charge is 0.407 e. The molecule has 1 aliphatic heterocycles. The lowest BCUT2D eigenvalue weighted by Crippen LogP contribution is -2.40. The summed E-state index contributed by atoms with van der Waals surface area (Å²) in [4.78, 5) is 13.7. The van der Waals surface area contributed by atoms with Gasteiger partial charge in [-0.15, -0.1) is 0 Å². The van der Waals surface area contributed by atoms with E-state index in [1.165, 1.54) is 0 Å². The molecule has 0 spiro atoms. The van der Waals surface area contributed by atoms with Crippen LogP contribution in [-0.2, 0) is 4.74 Å². The van der Waals surface area contributed by atoms with Crippen LogP contribution in [0.1, 0.15) is 33.6 Å². The van der Waals surface area contributed by atoms with Gasteiger partial charge in [-0.05, 0) is 33.6 Å². The molecule has 0 bridgehead atoms. The second kappa shape index (κ2) is 6.19. The van der Waals surface area contributed by atoms with Crippen molar-refractivity contribution in [3.63, 3.8) is 0 Å². The molecular formula is C12H23FN2O2. The number of hydrogen-bond donors (Lipinski definition) is 1. The summed E-state index contributed by atoms with van der Waals surface area (Å²) in [5.74, 6) is 0. The number of carbonyl (C=O) groups excluding carboxylic acids is 1. The number of nitrogens with zero attached hydrogens (tertiary/aromatic N) is 1. The van der Waals surface area contributed by atoms with Crippen molar-refractivity contribution in [2.24, 2.45) is 0 Å². The van der Waals surface area contributed by atoms with Crippen LogP contribution in [0.5, 0.6) is 0 Å². The van der Waals surface area contributed by atoms with Crippen molar-refractivity contribution in [3.8, 4) is 0 Å². The molecule has 1 N–H and O–H groups in total. The third-order valence-corrected chi connectivity index (χ3v) is 2.60. The van der Waals surface area contributed by atoms with Crippen molar-refractivity contribution in [2.45, 2.75) is 45.3 Å². The standard InChI is InChI=1S/C12H23FN2O2/c1-12(2,3)17-11(16)14-10-5-8-15(9-10)7-4-6-13/h10H,4-9H2,1-3H3,(H,14,16)/t10-/m0/s1. The molecule has 100 valence electrons. The van der Waals surface area contributed by atoms with Gasteiger partial charge in [0.05, 0.1) is 6.67 Å². The molecule has 0 saturated carbocycles. The van der Waals surface area contributed by atoms with E-state index < -0.39 is 5.60 Å². The third kappa shape index (κ3) is 5.86. The Balaban J connectivity index is 2.23. The predicted octanol–water partition coefficient (Wildman–Crippen LogP) is 1.95. The summed E-state index contributed by atoms with van der Waals surface area (Å²) >= 11 is 0. The first-order valence-electron chi connectivity index (χ1n) is 6.18. The van der Waals surface area contributed by atoms with E-state index in [-0.39, 0.29) is 18.8 Å². The minimum atomic E-state index is -0.462. The van der Waals surface area contributed by atoms with E-state index >= 15 is 0 Å². The zero-order valence-electron chi connectivity index (χ0n) is 11.0. The number of halogens is 1. The molecule has 0 aromatic heterocycles. The zero-order chi connectivity index (χ0) is 12.9. The molecule has 1 rings (SSSR count). The molecule has 1 atom stereocenters. The van der Waals surface area contributed by atoms with Gasteiger partial charge in [0.2, 0.25) is 0 Å². The predicted molar refractivity (Wildman–Crippen MR) is 64.8 cm³/mol. The SMILES string of the molecule is CC(C)(C)OC(=O)N[C@H]1CCN(CCCF)C1. The van der Waals surface area contributed by atoms with Crippen molar-refractivity contribution in [1.82, 2.24) is 10.2 Å². The lowest BCUT2D eigenvalue weighted by Gasteiger charge is -2.22. The van der Waals surface area contributed by atoms with E-state index in [4.69, 9.17) is 4.74 Å². The van der Waals surface area contributed by atoms with Gasteiger partial charge in [0.25, 0.3) is 0 Å². The van der Waals surface area contributed by atoms with Crippen molar-refractivity contribution in [1.29, 1.82) is 0 Å². The number of nitrogens with one attached hydrogen (secondary N) is 1. The molecule has 1 fully saturated rings. The van der Waals surface area contributed by atoms with Gasteiger partial charge in [0, 0.05) is 25.7 Å². The van der Waals surface area contributed by atoms with E-state index in [1.54, 1.807) is 0 Å². The van der Waals surface area contributed by atoms with E-state index in [1.807, 2.05) is 20.8 Å².